The fourth-order valence-corrected chi connectivity index (χ4v) is 2.74. The molecule has 2 aliphatic carbocycles. The van der Waals surface area contributed by atoms with Crippen LogP contribution in [0.5, 0.6) is 0 Å². The SMILES string of the molecule is C[C@H](C1CC1)N(Cc1csnn1)C1CC1. The third-order valence-electron chi connectivity index (χ3n) is 3.59. The van der Waals surface area contributed by atoms with Crippen LogP contribution in [0.15, 0.2) is 5.38 Å². The van der Waals surface area contributed by atoms with Gasteiger partial charge in [-0.15, -0.1) is 5.10 Å². The summed E-state index contributed by atoms with van der Waals surface area (Å²) in [6.45, 7) is 3.40. The average molecular weight is 223 g/mol. The van der Waals surface area contributed by atoms with Gasteiger partial charge in [0.25, 0.3) is 0 Å². The Hall–Kier alpha value is -0.480. The van der Waals surface area contributed by atoms with Gasteiger partial charge in [-0.05, 0) is 50.1 Å². The lowest BCUT2D eigenvalue weighted by molar-refractivity contribution is 0.168. The summed E-state index contributed by atoms with van der Waals surface area (Å²) in [5.74, 6) is 0.956. The zero-order valence-corrected chi connectivity index (χ0v) is 9.91. The summed E-state index contributed by atoms with van der Waals surface area (Å²) >= 11 is 1.46. The Morgan fingerprint density at radius 2 is 2.27 bits per heavy atom. The van der Waals surface area contributed by atoms with Gasteiger partial charge in [-0.1, -0.05) is 4.49 Å². The van der Waals surface area contributed by atoms with E-state index >= 15 is 0 Å². The van der Waals surface area contributed by atoms with Gasteiger partial charge in [0.15, 0.2) is 0 Å². The molecule has 15 heavy (non-hydrogen) atoms. The molecule has 0 aromatic carbocycles. The monoisotopic (exact) mass is 223 g/mol. The molecular weight excluding hydrogens is 206 g/mol. The summed E-state index contributed by atoms with van der Waals surface area (Å²) in [5, 5.41) is 6.23. The van der Waals surface area contributed by atoms with Gasteiger partial charge in [-0.3, -0.25) is 4.90 Å². The van der Waals surface area contributed by atoms with E-state index in [0.29, 0.717) is 0 Å². The van der Waals surface area contributed by atoms with Gasteiger partial charge in [0.2, 0.25) is 0 Å². The van der Waals surface area contributed by atoms with Crippen molar-refractivity contribution in [2.45, 2.75) is 51.2 Å². The van der Waals surface area contributed by atoms with Crippen molar-refractivity contribution < 1.29 is 0 Å². The van der Waals surface area contributed by atoms with E-state index in [1.54, 1.807) is 0 Å². The van der Waals surface area contributed by atoms with Crippen LogP contribution in [0.1, 0.15) is 38.3 Å². The fourth-order valence-electron chi connectivity index (χ4n) is 2.30. The first-order valence-electron chi connectivity index (χ1n) is 5.86. The van der Waals surface area contributed by atoms with Crippen LogP contribution in [-0.4, -0.2) is 26.6 Å². The second kappa shape index (κ2) is 3.83. The highest BCUT2D eigenvalue weighted by atomic mass is 32.1. The highest BCUT2D eigenvalue weighted by Crippen LogP contribution is 2.40. The summed E-state index contributed by atoms with van der Waals surface area (Å²) < 4.78 is 3.94. The molecule has 0 spiro atoms. The van der Waals surface area contributed by atoms with Gasteiger partial charge < -0.3 is 0 Å². The first-order chi connectivity index (χ1) is 7.34. The van der Waals surface area contributed by atoms with Crippen LogP contribution < -0.4 is 0 Å². The third-order valence-corrected chi connectivity index (χ3v) is 4.15. The molecule has 1 aromatic rings. The van der Waals surface area contributed by atoms with Crippen LogP contribution >= 0.6 is 11.5 Å². The van der Waals surface area contributed by atoms with E-state index in [2.05, 4.69) is 26.8 Å². The van der Waals surface area contributed by atoms with Gasteiger partial charge in [0.1, 0.15) is 0 Å². The zero-order valence-electron chi connectivity index (χ0n) is 9.09. The van der Waals surface area contributed by atoms with E-state index < -0.39 is 0 Å². The van der Waals surface area contributed by atoms with Crippen LogP contribution in [0.3, 0.4) is 0 Å². The first-order valence-corrected chi connectivity index (χ1v) is 6.70. The van der Waals surface area contributed by atoms with Gasteiger partial charge in [-0.2, -0.15) is 0 Å². The van der Waals surface area contributed by atoms with Crippen molar-refractivity contribution in [1.82, 2.24) is 14.5 Å². The minimum Gasteiger partial charge on any atom is -0.292 e. The molecule has 3 rings (SSSR count). The topological polar surface area (TPSA) is 29.0 Å². The second-order valence-electron chi connectivity index (χ2n) is 4.88. The summed E-state index contributed by atoms with van der Waals surface area (Å²) in [5.41, 5.74) is 1.15. The van der Waals surface area contributed by atoms with Crippen molar-refractivity contribution in [1.29, 1.82) is 0 Å². The van der Waals surface area contributed by atoms with Crippen molar-refractivity contribution in [3.63, 3.8) is 0 Å². The van der Waals surface area contributed by atoms with Crippen LogP contribution in [-0.2, 0) is 6.54 Å². The molecule has 0 unspecified atom stereocenters. The van der Waals surface area contributed by atoms with Gasteiger partial charge in [-0.25, -0.2) is 0 Å². The molecule has 1 heterocycles. The van der Waals surface area contributed by atoms with Crippen molar-refractivity contribution in [2.75, 3.05) is 0 Å². The van der Waals surface area contributed by atoms with Gasteiger partial charge in [0.05, 0.1) is 5.69 Å². The van der Waals surface area contributed by atoms with Gasteiger partial charge >= 0.3 is 0 Å². The Bertz CT molecular complexity index is 317. The Morgan fingerprint density at radius 3 is 2.80 bits per heavy atom. The molecule has 0 aliphatic heterocycles. The lowest BCUT2D eigenvalue weighted by atomic mass is 10.1. The molecule has 1 atom stereocenters. The zero-order chi connectivity index (χ0) is 10.3. The third kappa shape index (κ3) is 2.21. The van der Waals surface area contributed by atoms with Crippen molar-refractivity contribution in [3.8, 4) is 0 Å². The quantitative estimate of drug-likeness (QED) is 0.767. The molecule has 0 radical (unpaired) electrons. The molecule has 1 aromatic heterocycles. The Morgan fingerprint density at radius 1 is 1.47 bits per heavy atom. The lowest BCUT2D eigenvalue weighted by Crippen LogP contribution is -2.36. The number of nitrogens with zero attached hydrogens (tertiary/aromatic N) is 3. The molecule has 0 saturated heterocycles. The Labute approximate surface area is 94.7 Å². The maximum Gasteiger partial charge on any atom is 0.0895 e. The molecule has 0 amide bonds. The number of hydrogen-bond donors (Lipinski definition) is 0. The van der Waals surface area contributed by atoms with Crippen molar-refractivity contribution >= 4 is 11.5 Å². The molecular formula is C11H17N3S. The number of aromatic nitrogens is 2. The van der Waals surface area contributed by atoms with Crippen LogP contribution in [0.4, 0.5) is 0 Å². The first kappa shape index (κ1) is 9.73. The highest BCUT2D eigenvalue weighted by Gasteiger charge is 2.39. The Kier molecular flexibility index (Phi) is 2.48. The fraction of sp³-hybridized carbons (Fsp3) is 0.818. The number of rotatable bonds is 5. The molecule has 0 bridgehead atoms. The molecule has 4 heteroatoms. The predicted octanol–water partition coefficient (Wildman–Crippen LogP) is 2.30. The maximum absolute atomic E-state index is 4.16. The molecule has 0 N–H and O–H groups in total. The van der Waals surface area contributed by atoms with E-state index in [9.17, 15) is 0 Å². The molecule has 82 valence electrons. The summed E-state index contributed by atoms with van der Waals surface area (Å²) in [6, 6.07) is 1.58. The molecule has 2 saturated carbocycles. The van der Waals surface area contributed by atoms with Crippen LogP contribution in [0.2, 0.25) is 0 Å². The van der Waals surface area contributed by atoms with Crippen LogP contribution in [0.25, 0.3) is 0 Å². The second-order valence-corrected chi connectivity index (χ2v) is 5.49. The largest absolute Gasteiger partial charge is 0.292 e. The lowest BCUT2D eigenvalue weighted by Gasteiger charge is -2.28. The van der Waals surface area contributed by atoms with E-state index in [1.165, 1.54) is 37.2 Å². The van der Waals surface area contributed by atoms with Crippen molar-refractivity contribution in [3.05, 3.63) is 11.1 Å². The van der Waals surface area contributed by atoms with E-state index in [4.69, 9.17) is 0 Å². The minimum absolute atomic E-state index is 0.749. The Balaban J connectivity index is 1.67. The minimum atomic E-state index is 0.749. The average Bonchev–Trinajstić information content (AvgIpc) is 3.13. The van der Waals surface area contributed by atoms with E-state index in [0.717, 1.165) is 30.2 Å². The number of hydrogen-bond acceptors (Lipinski definition) is 4. The predicted molar refractivity (Wildman–Crippen MR) is 60.7 cm³/mol. The van der Waals surface area contributed by atoms with Crippen molar-refractivity contribution in [2.24, 2.45) is 5.92 Å². The maximum atomic E-state index is 4.16. The standard InChI is InChI=1S/C11H17N3S/c1-8(9-2-3-9)14(11-4-5-11)6-10-7-15-13-12-10/h7-9,11H,2-6H2,1H3/t8-/m1/s1. The summed E-state index contributed by atoms with van der Waals surface area (Å²) in [4.78, 5) is 2.65. The smallest absolute Gasteiger partial charge is 0.0895 e. The van der Waals surface area contributed by atoms with E-state index in [1.807, 2.05) is 0 Å². The van der Waals surface area contributed by atoms with Crippen LogP contribution in [0, 0.1) is 5.92 Å². The summed E-state index contributed by atoms with van der Waals surface area (Å²) in [6.07, 6.45) is 5.63. The molecule has 3 nitrogen and oxygen atoms in total. The van der Waals surface area contributed by atoms with E-state index in [-0.39, 0.29) is 0 Å². The van der Waals surface area contributed by atoms with Gasteiger partial charge in [0, 0.05) is 24.0 Å². The molecule has 2 fully saturated rings. The summed E-state index contributed by atoms with van der Waals surface area (Å²) in [7, 11) is 0. The molecule has 2 aliphatic rings. The highest BCUT2D eigenvalue weighted by molar-refractivity contribution is 7.03. The normalized spacial score (nSPS) is 23.3.